The van der Waals surface area contributed by atoms with Gasteiger partial charge in [-0.3, -0.25) is 4.79 Å². The minimum absolute atomic E-state index is 0.124. The Morgan fingerprint density at radius 3 is 2.94 bits per heavy atom. The van der Waals surface area contributed by atoms with E-state index in [0.717, 1.165) is 9.35 Å². The Morgan fingerprint density at radius 1 is 1.65 bits per heavy atom. The first-order valence-corrected chi connectivity index (χ1v) is 7.29. The van der Waals surface area contributed by atoms with E-state index in [1.807, 2.05) is 11.4 Å². The van der Waals surface area contributed by atoms with E-state index in [2.05, 4.69) is 26.2 Å². The second-order valence-electron chi connectivity index (χ2n) is 3.38. The third-order valence-corrected chi connectivity index (χ3v) is 4.75. The summed E-state index contributed by atoms with van der Waals surface area (Å²) in [5.41, 5.74) is 6.23. The number of hydrogen-bond donors (Lipinski definition) is 2. The highest BCUT2D eigenvalue weighted by Gasteiger charge is 2.13. The number of rotatable bonds is 3. The quantitative estimate of drug-likeness (QED) is 0.908. The van der Waals surface area contributed by atoms with E-state index >= 15 is 0 Å². The Labute approximate surface area is 115 Å². The van der Waals surface area contributed by atoms with Crippen molar-refractivity contribution in [2.45, 2.75) is 13.5 Å². The summed E-state index contributed by atoms with van der Waals surface area (Å²) in [7, 11) is 0. The lowest BCUT2D eigenvalue weighted by Gasteiger charge is -2.01. The molecule has 1 amide bonds. The topological polar surface area (TPSA) is 68.0 Å². The molecule has 2 aromatic rings. The molecule has 0 aromatic carbocycles. The number of nitrogens with one attached hydrogen (secondary N) is 1. The summed E-state index contributed by atoms with van der Waals surface area (Å²) in [4.78, 5) is 17.6. The summed E-state index contributed by atoms with van der Waals surface area (Å²) in [6, 6.07) is 1.98. The molecule has 0 spiro atoms. The lowest BCUT2D eigenvalue weighted by molar-refractivity contribution is 0.0954. The van der Waals surface area contributed by atoms with Crippen LogP contribution in [0, 0.1) is 6.92 Å². The van der Waals surface area contributed by atoms with Crippen LogP contribution in [-0.4, -0.2) is 10.9 Å². The van der Waals surface area contributed by atoms with E-state index < -0.39 is 0 Å². The predicted octanol–water partition coefficient (Wildman–Crippen LogP) is 2.79. The van der Waals surface area contributed by atoms with Gasteiger partial charge in [-0.2, -0.15) is 0 Å². The normalized spacial score (nSPS) is 10.5. The molecular weight excluding hydrogens is 322 g/mol. The largest absolute Gasteiger partial charge is 0.375 e. The van der Waals surface area contributed by atoms with E-state index in [0.29, 0.717) is 22.2 Å². The monoisotopic (exact) mass is 331 g/mol. The fraction of sp³-hybridized carbons (Fsp3) is 0.200. The van der Waals surface area contributed by atoms with Crippen molar-refractivity contribution in [2.24, 2.45) is 0 Å². The van der Waals surface area contributed by atoms with E-state index in [4.69, 9.17) is 5.73 Å². The molecule has 0 saturated heterocycles. The van der Waals surface area contributed by atoms with Gasteiger partial charge in [-0.25, -0.2) is 4.98 Å². The molecule has 3 N–H and O–H groups in total. The first kappa shape index (κ1) is 12.5. The number of nitrogens with two attached hydrogens (primary N) is 1. The Hall–Kier alpha value is -0.920. The van der Waals surface area contributed by atoms with Gasteiger partial charge in [-0.05, 0) is 28.9 Å². The maximum absolute atomic E-state index is 11.9. The highest BCUT2D eigenvalue weighted by molar-refractivity contribution is 9.10. The zero-order valence-electron chi connectivity index (χ0n) is 8.99. The van der Waals surface area contributed by atoms with Crippen molar-refractivity contribution in [2.75, 3.05) is 5.73 Å². The van der Waals surface area contributed by atoms with Crippen LogP contribution in [0.2, 0.25) is 0 Å². The SMILES string of the molecule is Cc1nc(N)sc1C(=O)NCc1cc(Br)cs1. The molecule has 0 aliphatic carbocycles. The average molecular weight is 332 g/mol. The summed E-state index contributed by atoms with van der Waals surface area (Å²) < 4.78 is 1.03. The third-order valence-electron chi connectivity index (χ3n) is 2.06. The molecular formula is C10H10BrN3OS2. The molecule has 2 aromatic heterocycles. The van der Waals surface area contributed by atoms with Gasteiger partial charge in [0.15, 0.2) is 5.13 Å². The number of carbonyl (C=O) groups is 1. The second kappa shape index (κ2) is 5.16. The number of thiazole rings is 1. The minimum Gasteiger partial charge on any atom is -0.375 e. The lowest BCUT2D eigenvalue weighted by atomic mass is 10.3. The lowest BCUT2D eigenvalue weighted by Crippen LogP contribution is -2.22. The highest BCUT2D eigenvalue weighted by atomic mass is 79.9. The molecule has 0 radical (unpaired) electrons. The Balaban J connectivity index is 2.00. The molecule has 0 aliphatic rings. The average Bonchev–Trinajstić information content (AvgIpc) is 2.81. The van der Waals surface area contributed by atoms with Gasteiger partial charge in [0.2, 0.25) is 0 Å². The first-order valence-electron chi connectivity index (χ1n) is 4.80. The van der Waals surface area contributed by atoms with Crippen LogP contribution in [0.4, 0.5) is 5.13 Å². The van der Waals surface area contributed by atoms with Gasteiger partial charge < -0.3 is 11.1 Å². The van der Waals surface area contributed by atoms with Gasteiger partial charge >= 0.3 is 0 Å². The van der Waals surface area contributed by atoms with Crippen molar-refractivity contribution in [1.82, 2.24) is 10.3 Å². The van der Waals surface area contributed by atoms with Crippen molar-refractivity contribution in [3.63, 3.8) is 0 Å². The fourth-order valence-corrected chi connectivity index (χ4v) is 3.46. The van der Waals surface area contributed by atoms with Crippen LogP contribution in [0.5, 0.6) is 0 Å². The molecule has 90 valence electrons. The maximum Gasteiger partial charge on any atom is 0.263 e. The summed E-state index contributed by atoms with van der Waals surface area (Å²) in [5, 5.41) is 5.25. The van der Waals surface area contributed by atoms with Crippen LogP contribution < -0.4 is 11.1 Å². The number of nitrogens with zero attached hydrogens (tertiary/aromatic N) is 1. The molecule has 0 unspecified atom stereocenters. The molecule has 0 bridgehead atoms. The van der Waals surface area contributed by atoms with Gasteiger partial charge in [0.1, 0.15) is 4.88 Å². The van der Waals surface area contributed by atoms with Crippen LogP contribution in [0.25, 0.3) is 0 Å². The van der Waals surface area contributed by atoms with Gasteiger partial charge in [0.25, 0.3) is 5.91 Å². The smallest absolute Gasteiger partial charge is 0.263 e. The Morgan fingerprint density at radius 2 is 2.41 bits per heavy atom. The number of anilines is 1. The molecule has 2 heterocycles. The highest BCUT2D eigenvalue weighted by Crippen LogP contribution is 2.21. The van der Waals surface area contributed by atoms with E-state index in [1.165, 1.54) is 11.3 Å². The molecule has 7 heteroatoms. The molecule has 2 rings (SSSR count). The van der Waals surface area contributed by atoms with Crippen LogP contribution in [0.3, 0.4) is 0 Å². The molecule has 0 aliphatic heterocycles. The fourth-order valence-electron chi connectivity index (χ4n) is 1.32. The third kappa shape index (κ3) is 3.05. The number of hydrogen-bond acceptors (Lipinski definition) is 5. The summed E-state index contributed by atoms with van der Waals surface area (Å²) in [5.74, 6) is -0.124. The zero-order valence-corrected chi connectivity index (χ0v) is 12.2. The first-order chi connectivity index (χ1) is 8.06. The summed E-state index contributed by atoms with van der Waals surface area (Å²) in [6.45, 7) is 2.30. The van der Waals surface area contributed by atoms with Gasteiger partial charge in [-0.15, -0.1) is 11.3 Å². The number of thiophene rings is 1. The Kier molecular flexibility index (Phi) is 3.80. The number of amides is 1. The minimum atomic E-state index is -0.124. The van der Waals surface area contributed by atoms with E-state index in [-0.39, 0.29) is 5.91 Å². The predicted molar refractivity (Wildman–Crippen MR) is 74.5 cm³/mol. The van der Waals surface area contributed by atoms with Crippen molar-refractivity contribution < 1.29 is 4.79 Å². The van der Waals surface area contributed by atoms with E-state index in [9.17, 15) is 4.79 Å². The van der Waals surface area contributed by atoms with Crippen molar-refractivity contribution in [3.8, 4) is 0 Å². The van der Waals surface area contributed by atoms with Gasteiger partial charge in [0.05, 0.1) is 12.2 Å². The maximum atomic E-state index is 11.9. The van der Waals surface area contributed by atoms with Crippen molar-refractivity contribution in [1.29, 1.82) is 0 Å². The number of carbonyl (C=O) groups excluding carboxylic acids is 1. The van der Waals surface area contributed by atoms with Crippen LogP contribution in [0.15, 0.2) is 15.9 Å². The molecule has 0 saturated carbocycles. The van der Waals surface area contributed by atoms with Crippen LogP contribution in [0.1, 0.15) is 20.2 Å². The zero-order chi connectivity index (χ0) is 12.4. The summed E-state index contributed by atoms with van der Waals surface area (Å²) >= 11 is 6.18. The second-order valence-corrected chi connectivity index (χ2v) is 6.32. The van der Waals surface area contributed by atoms with Crippen LogP contribution >= 0.6 is 38.6 Å². The number of aromatic nitrogens is 1. The van der Waals surface area contributed by atoms with Crippen molar-refractivity contribution >= 4 is 49.6 Å². The van der Waals surface area contributed by atoms with Crippen LogP contribution in [-0.2, 0) is 6.54 Å². The number of nitrogen functional groups attached to an aromatic ring is 1. The Bertz CT molecular complexity index is 549. The van der Waals surface area contributed by atoms with Gasteiger partial charge in [-0.1, -0.05) is 11.3 Å². The van der Waals surface area contributed by atoms with Gasteiger partial charge in [0, 0.05) is 14.7 Å². The molecule has 4 nitrogen and oxygen atoms in total. The molecule has 0 atom stereocenters. The number of halogens is 1. The van der Waals surface area contributed by atoms with Crippen molar-refractivity contribution in [3.05, 3.63) is 31.4 Å². The standard InChI is InChI=1S/C10H10BrN3OS2/c1-5-8(17-10(12)14-5)9(15)13-3-7-2-6(11)4-16-7/h2,4H,3H2,1H3,(H2,12,14)(H,13,15). The molecule has 17 heavy (non-hydrogen) atoms. The molecule has 0 fully saturated rings. The number of aryl methyl sites for hydroxylation is 1. The van der Waals surface area contributed by atoms with E-state index in [1.54, 1.807) is 18.3 Å². The summed E-state index contributed by atoms with van der Waals surface area (Å²) in [6.07, 6.45) is 0.